The molecule has 0 bridgehead atoms. The Balaban J connectivity index is 1.83. The molecule has 3 nitrogen and oxygen atoms in total. The summed E-state index contributed by atoms with van der Waals surface area (Å²) in [7, 11) is 0. The molecule has 1 aliphatic carbocycles. The second kappa shape index (κ2) is 5.90. The van der Waals surface area contributed by atoms with Gasteiger partial charge >= 0.3 is 0 Å². The van der Waals surface area contributed by atoms with Gasteiger partial charge in [-0.25, -0.2) is 0 Å². The van der Waals surface area contributed by atoms with E-state index in [-0.39, 0.29) is 0 Å². The van der Waals surface area contributed by atoms with Crippen LogP contribution in [0, 0.1) is 0 Å². The molecule has 1 heterocycles. The zero-order chi connectivity index (χ0) is 15.9. The summed E-state index contributed by atoms with van der Waals surface area (Å²) in [4.78, 5) is 0. The molecule has 2 aliphatic rings. The Morgan fingerprint density at radius 3 is 2.57 bits per heavy atom. The Labute approximate surface area is 137 Å². The summed E-state index contributed by atoms with van der Waals surface area (Å²) in [5, 5.41) is 2.64. The predicted molar refractivity (Wildman–Crippen MR) is 90.6 cm³/mol. The average molecular weight is 312 g/mol. The lowest BCUT2D eigenvalue weighted by molar-refractivity contribution is -0.264. The molecule has 4 rings (SSSR count). The lowest BCUT2D eigenvalue weighted by Crippen LogP contribution is -2.35. The summed E-state index contributed by atoms with van der Waals surface area (Å²) in [6.07, 6.45) is 3.23. The highest BCUT2D eigenvalue weighted by molar-refractivity contribution is 5.92. The molecule has 23 heavy (non-hydrogen) atoms. The van der Waals surface area contributed by atoms with Crippen molar-refractivity contribution in [3.05, 3.63) is 47.0 Å². The number of hydrogen-bond acceptors (Lipinski definition) is 3. The number of benzene rings is 2. The third-order valence-corrected chi connectivity index (χ3v) is 5.04. The molecule has 1 atom stereocenters. The van der Waals surface area contributed by atoms with Crippen LogP contribution >= 0.6 is 0 Å². The first-order chi connectivity index (χ1) is 11.2. The van der Waals surface area contributed by atoms with E-state index < -0.39 is 5.79 Å². The van der Waals surface area contributed by atoms with Gasteiger partial charge in [0.05, 0.1) is 19.3 Å². The molecule has 2 aromatic rings. The number of hydrogen-bond donors (Lipinski definition) is 0. The summed E-state index contributed by atoms with van der Waals surface area (Å²) in [5.74, 6) is -0.633. The molecule has 0 saturated carbocycles. The highest BCUT2D eigenvalue weighted by Crippen LogP contribution is 2.39. The monoisotopic (exact) mass is 312 g/mol. The first kappa shape index (κ1) is 15.1. The normalized spacial score (nSPS) is 23.1. The van der Waals surface area contributed by atoms with Crippen LogP contribution in [0.3, 0.4) is 0 Å². The molecular weight excluding hydrogens is 288 g/mol. The van der Waals surface area contributed by atoms with Gasteiger partial charge in [0.15, 0.2) is 5.79 Å². The molecule has 122 valence electrons. The second-order valence-corrected chi connectivity index (χ2v) is 6.59. The van der Waals surface area contributed by atoms with Crippen LogP contribution in [-0.4, -0.2) is 25.9 Å². The van der Waals surface area contributed by atoms with E-state index in [0.29, 0.717) is 6.10 Å². The summed E-state index contributed by atoms with van der Waals surface area (Å²) in [6, 6.07) is 11.0. The maximum Gasteiger partial charge on any atom is 0.192 e. The first-order valence-electron chi connectivity index (χ1n) is 8.65. The topological polar surface area (TPSA) is 27.7 Å². The van der Waals surface area contributed by atoms with Crippen LogP contribution in [0.4, 0.5) is 0 Å². The Kier molecular flexibility index (Phi) is 3.88. The standard InChI is InChI=1S/C20H24O3/c1-3-21-16-12-14-6-4-7-17-18(9-8-15(13-16)19(14)17)20(2)22-10-5-11-23-20/h4,6-9,16H,3,5,10-13H2,1-2H3. The summed E-state index contributed by atoms with van der Waals surface area (Å²) >= 11 is 0. The zero-order valence-corrected chi connectivity index (χ0v) is 13.9. The van der Waals surface area contributed by atoms with Crippen LogP contribution in [0.2, 0.25) is 0 Å². The molecule has 0 radical (unpaired) electrons. The Morgan fingerprint density at radius 1 is 1.09 bits per heavy atom. The fourth-order valence-corrected chi connectivity index (χ4v) is 4.00. The van der Waals surface area contributed by atoms with Crippen molar-refractivity contribution in [1.29, 1.82) is 0 Å². The van der Waals surface area contributed by atoms with Gasteiger partial charge < -0.3 is 14.2 Å². The smallest absolute Gasteiger partial charge is 0.192 e. The van der Waals surface area contributed by atoms with Crippen molar-refractivity contribution in [2.75, 3.05) is 19.8 Å². The minimum atomic E-state index is -0.633. The minimum Gasteiger partial charge on any atom is -0.378 e. The Morgan fingerprint density at radius 2 is 1.83 bits per heavy atom. The maximum absolute atomic E-state index is 6.00. The van der Waals surface area contributed by atoms with Gasteiger partial charge in [0.2, 0.25) is 0 Å². The first-order valence-corrected chi connectivity index (χ1v) is 8.65. The van der Waals surface area contributed by atoms with Gasteiger partial charge in [-0.15, -0.1) is 0 Å². The lowest BCUT2D eigenvalue weighted by Gasteiger charge is -2.36. The molecule has 0 spiro atoms. The highest BCUT2D eigenvalue weighted by atomic mass is 16.7. The van der Waals surface area contributed by atoms with E-state index >= 15 is 0 Å². The van der Waals surface area contributed by atoms with Crippen LogP contribution in [0.25, 0.3) is 10.8 Å². The molecule has 2 aromatic carbocycles. The van der Waals surface area contributed by atoms with Gasteiger partial charge in [-0.2, -0.15) is 0 Å². The van der Waals surface area contributed by atoms with Crippen molar-refractivity contribution in [3.63, 3.8) is 0 Å². The van der Waals surface area contributed by atoms with Crippen LogP contribution in [0.1, 0.15) is 37.0 Å². The third kappa shape index (κ3) is 2.57. The van der Waals surface area contributed by atoms with E-state index in [1.807, 2.05) is 6.92 Å². The molecule has 0 amide bonds. The quantitative estimate of drug-likeness (QED) is 0.859. The Hall–Kier alpha value is -1.42. The van der Waals surface area contributed by atoms with Crippen molar-refractivity contribution in [2.24, 2.45) is 0 Å². The average Bonchev–Trinajstić information content (AvgIpc) is 2.56. The zero-order valence-electron chi connectivity index (χ0n) is 13.9. The molecular formula is C20H24O3. The fraction of sp³-hybridized carbons (Fsp3) is 0.500. The van der Waals surface area contributed by atoms with Crippen LogP contribution < -0.4 is 0 Å². The summed E-state index contributed by atoms with van der Waals surface area (Å²) < 4.78 is 17.9. The van der Waals surface area contributed by atoms with E-state index in [2.05, 4.69) is 37.3 Å². The van der Waals surface area contributed by atoms with E-state index in [1.54, 1.807) is 0 Å². The molecule has 1 saturated heterocycles. The summed E-state index contributed by atoms with van der Waals surface area (Å²) in [6.45, 7) is 6.39. The van der Waals surface area contributed by atoms with E-state index in [1.165, 1.54) is 21.9 Å². The van der Waals surface area contributed by atoms with Crippen molar-refractivity contribution in [2.45, 2.75) is 45.0 Å². The van der Waals surface area contributed by atoms with Gasteiger partial charge in [-0.05, 0) is 55.0 Å². The molecule has 1 aliphatic heterocycles. The minimum absolute atomic E-state index is 0.293. The van der Waals surface area contributed by atoms with Gasteiger partial charge in [0.1, 0.15) is 0 Å². The van der Waals surface area contributed by atoms with Crippen LogP contribution in [0.5, 0.6) is 0 Å². The predicted octanol–water partition coefficient (Wildman–Crippen LogP) is 3.95. The third-order valence-electron chi connectivity index (χ3n) is 5.04. The van der Waals surface area contributed by atoms with Crippen molar-refractivity contribution < 1.29 is 14.2 Å². The van der Waals surface area contributed by atoms with Gasteiger partial charge in [-0.3, -0.25) is 0 Å². The number of rotatable bonds is 3. The molecule has 0 aromatic heterocycles. The van der Waals surface area contributed by atoms with Crippen molar-refractivity contribution in [3.8, 4) is 0 Å². The van der Waals surface area contributed by atoms with Crippen LogP contribution in [0.15, 0.2) is 30.3 Å². The molecule has 3 heteroatoms. The van der Waals surface area contributed by atoms with Gasteiger partial charge in [0, 0.05) is 12.2 Å². The Bertz CT molecular complexity index is 704. The van der Waals surface area contributed by atoms with Gasteiger partial charge in [0.25, 0.3) is 0 Å². The fourth-order valence-electron chi connectivity index (χ4n) is 4.00. The molecule has 1 fully saturated rings. The largest absolute Gasteiger partial charge is 0.378 e. The van der Waals surface area contributed by atoms with Crippen molar-refractivity contribution in [1.82, 2.24) is 0 Å². The molecule has 0 N–H and O–H groups in total. The van der Waals surface area contributed by atoms with Crippen LogP contribution in [-0.2, 0) is 32.8 Å². The lowest BCUT2D eigenvalue weighted by atomic mass is 9.84. The molecule has 1 unspecified atom stereocenters. The number of ether oxygens (including phenoxy) is 3. The second-order valence-electron chi connectivity index (χ2n) is 6.59. The maximum atomic E-state index is 6.00. The van der Waals surface area contributed by atoms with E-state index in [9.17, 15) is 0 Å². The highest BCUT2D eigenvalue weighted by Gasteiger charge is 2.34. The SMILES string of the molecule is CCOC1Cc2cccc3c(C4(C)OCCCO4)ccc(c23)C1. The van der Waals surface area contributed by atoms with Gasteiger partial charge in [-0.1, -0.05) is 30.3 Å². The summed E-state index contributed by atoms with van der Waals surface area (Å²) in [5.41, 5.74) is 3.90. The van der Waals surface area contributed by atoms with Crippen molar-refractivity contribution >= 4 is 10.8 Å². The van der Waals surface area contributed by atoms with E-state index in [4.69, 9.17) is 14.2 Å². The van der Waals surface area contributed by atoms with E-state index in [0.717, 1.165) is 44.6 Å².